The molecule has 0 aliphatic heterocycles. The second-order valence-electron chi connectivity index (χ2n) is 3.23. The molecule has 2 aromatic rings. The van der Waals surface area contributed by atoms with E-state index in [0.717, 1.165) is 11.1 Å². The molecule has 1 aromatic carbocycles. The molecule has 88 valence electrons. The molecule has 0 bridgehead atoms. The van der Waals surface area contributed by atoms with Crippen LogP contribution in [0.2, 0.25) is 0 Å². The molecule has 0 amide bonds. The van der Waals surface area contributed by atoms with Gasteiger partial charge in [-0.2, -0.15) is 8.78 Å². The van der Waals surface area contributed by atoms with Gasteiger partial charge in [-0.05, 0) is 17.7 Å². The molecule has 1 heterocycles. The number of nitrogens with zero attached hydrogens (tertiary/aromatic N) is 2. The van der Waals surface area contributed by atoms with Crippen molar-refractivity contribution in [3.8, 4) is 16.9 Å². The van der Waals surface area contributed by atoms with Crippen LogP contribution < -0.4 is 10.5 Å². The molecule has 2 N–H and O–H groups in total. The van der Waals surface area contributed by atoms with E-state index in [9.17, 15) is 8.78 Å². The van der Waals surface area contributed by atoms with E-state index in [2.05, 4.69) is 14.7 Å². The van der Waals surface area contributed by atoms with Gasteiger partial charge in [-0.25, -0.2) is 9.97 Å². The fourth-order valence-corrected chi connectivity index (χ4v) is 1.32. The quantitative estimate of drug-likeness (QED) is 0.889. The van der Waals surface area contributed by atoms with E-state index in [4.69, 9.17) is 5.73 Å². The highest BCUT2D eigenvalue weighted by Gasteiger charge is 2.04. The third-order valence-corrected chi connectivity index (χ3v) is 2.08. The zero-order chi connectivity index (χ0) is 12.3. The number of anilines is 1. The number of ether oxygens (including phenoxy) is 1. The Morgan fingerprint density at radius 3 is 2.12 bits per heavy atom. The zero-order valence-corrected chi connectivity index (χ0v) is 8.68. The van der Waals surface area contributed by atoms with Gasteiger partial charge in [0.15, 0.2) is 0 Å². The summed E-state index contributed by atoms with van der Waals surface area (Å²) < 4.78 is 28.1. The van der Waals surface area contributed by atoms with Gasteiger partial charge in [-0.3, -0.25) is 0 Å². The molecule has 0 saturated heterocycles. The van der Waals surface area contributed by atoms with Crippen LogP contribution in [-0.2, 0) is 0 Å². The van der Waals surface area contributed by atoms with E-state index in [-0.39, 0.29) is 11.7 Å². The number of hydrogen-bond acceptors (Lipinski definition) is 4. The fraction of sp³-hybridized carbons (Fsp3) is 0.0909. The molecule has 17 heavy (non-hydrogen) atoms. The molecular formula is C11H9F2N3O. The SMILES string of the molecule is Nc1ncc(-c2ccc(OC(F)F)cc2)cn1. The fourth-order valence-electron chi connectivity index (χ4n) is 1.32. The Morgan fingerprint density at radius 1 is 1.00 bits per heavy atom. The van der Waals surface area contributed by atoms with Crippen molar-refractivity contribution in [3.05, 3.63) is 36.7 Å². The van der Waals surface area contributed by atoms with Crippen LogP contribution in [0.25, 0.3) is 11.1 Å². The summed E-state index contributed by atoms with van der Waals surface area (Å²) in [7, 11) is 0. The number of alkyl halides is 2. The number of nitrogen functional groups attached to an aromatic ring is 1. The minimum absolute atomic E-state index is 0.111. The maximum Gasteiger partial charge on any atom is 0.387 e. The van der Waals surface area contributed by atoms with E-state index >= 15 is 0 Å². The Balaban J connectivity index is 2.20. The van der Waals surface area contributed by atoms with Crippen LogP contribution in [0.1, 0.15) is 0 Å². The first-order chi connectivity index (χ1) is 8.15. The van der Waals surface area contributed by atoms with Gasteiger partial charge in [0.25, 0.3) is 0 Å². The average Bonchev–Trinajstić information content (AvgIpc) is 2.30. The highest BCUT2D eigenvalue weighted by Crippen LogP contribution is 2.22. The smallest absolute Gasteiger partial charge is 0.387 e. The van der Waals surface area contributed by atoms with Gasteiger partial charge < -0.3 is 10.5 Å². The lowest BCUT2D eigenvalue weighted by Gasteiger charge is -2.05. The van der Waals surface area contributed by atoms with Crippen LogP contribution in [0.3, 0.4) is 0 Å². The van der Waals surface area contributed by atoms with Gasteiger partial charge in [-0.15, -0.1) is 0 Å². The first-order valence-electron chi connectivity index (χ1n) is 4.78. The lowest BCUT2D eigenvalue weighted by molar-refractivity contribution is -0.0498. The third kappa shape index (κ3) is 2.87. The molecular weight excluding hydrogens is 228 g/mol. The zero-order valence-electron chi connectivity index (χ0n) is 8.68. The molecule has 0 aliphatic carbocycles. The maximum atomic E-state index is 11.9. The van der Waals surface area contributed by atoms with Crippen molar-refractivity contribution in [3.63, 3.8) is 0 Å². The molecule has 0 radical (unpaired) electrons. The topological polar surface area (TPSA) is 61.0 Å². The van der Waals surface area contributed by atoms with E-state index in [0.29, 0.717) is 0 Å². The molecule has 1 aromatic heterocycles. The Bertz CT molecular complexity index is 485. The van der Waals surface area contributed by atoms with Gasteiger partial charge in [0.05, 0.1) is 0 Å². The number of hydrogen-bond donors (Lipinski definition) is 1. The normalized spacial score (nSPS) is 10.5. The molecule has 2 rings (SSSR count). The van der Waals surface area contributed by atoms with Crippen LogP contribution in [0.4, 0.5) is 14.7 Å². The monoisotopic (exact) mass is 237 g/mol. The third-order valence-electron chi connectivity index (χ3n) is 2.08. The van der Waals surface area contributed by atoms with Crippen LogP contribution in [0.15, 0.2) is 36.7 Å². The molecule has 0 fully saturated rings. The van der Waals surface area contributed by atoms with Crippen molar-refractivity contribution in [2.45, 2.75) is 6.61 Å². The molecule has 0 unspecified atom stereocenters. The minimum atomic E-state index is -2.82. The van der Waals surface area contributed by atoms with Gasteiger partial charge in [0.2, 0.25) is 5.95 Å². The highest BCUT2D eigenvalue weighted by molar-refractivity contribution is 5.62. The van der Waals surface area contributed by atoms with Gasteiger partial charge >= 0.3 is 6.61 Å². The summed E-state index contributed by atoms with van der Waals surface area (Å²) in [4.78, 5) is 7.68. The number of halogens is 2. The van der Waals surface area contributed by atoms with Gasteiger partial charge in [0.1, 0.15) is 5.75 Å². The highest BCUT2D eigenvalue weighted by atomic mass is 19.3. The lowest BCUT2D eigenvalue weighted by Crippen LogP contribution is -2.01. The van der Waals surface area contributed by atoms with Crippen LogP contribution in [0.5, 0.6) is 5.75 Å². The summed E-state index contributed by atoms with van der Waals surface area (Å²) in [5.74, 6) is 0.298. The summed E-state index contributed by atoms with van der Waals surface area (Å²) >= 11 is 0. The first-order valence-corrected chi connectivity index (χ1v) is 4.78. The largest absolute Gasteiger partial charge is 0.435 e. The molecule has 6 heteroatoms. The summed E-state index contributed by atoms with van der Waals surface area (Å²) in [6, 6.07) is 6.20. The van der Waals surface area contributed by atoms with Gasteiger partial charge in [0, 0.05) is 18.0 Å². The lowest BCUT2D eigenvalue weighted by atomic mass is 10.1. The maximum absolute atomic E-state index is 11.9. The van der Waals surface area contributed by atoms with Crippen molar-refractivity contribution in [2.24, 2.45) is 0 Å². The van der Waals surface area contributed by atoms with Crippen molar-refractivity contribution < 1.29 is 13.5 Å². The Labute approximate surface area is 96.1 Å². The Kier molecular flexibility index (Phi) is 3.13. The van der Waals surface area contributed by atoms with Crippen LogP contribution in [-0.4, -0.2) is 16.6 Å². The molecule has 0 spiro atoms. The number of rotatable bonds is 3. The second kappa shape index (κ2) is 4.73. The number of nitrogens with two attached hydrogens (primary N) is 1. The average molecular weight is 237 g/mol. The van der Waals surface area contributed by atoms with E-state index in [1.54, 1.807) is 24.5 Å². The molecule has 0 atom stereocenters. The van der Waals surface area contributed by atoms with Crippen molar-refractivity contribution in [1.29, 1.82) is 0 Å². The van der Waals surface area contributed by atoms with E-state index in [1.807, 2.05) is 0 Å². The Hall–Kier alpha value is -2.24. The summed E-state index contributed by atoms with van der Waals surface area (Å²) in [5, 5.41) is 0. The first kappa shape index (κ1) is 11.3. The van der Waals surface area contributed by atoms with E-state index in [1.165, 1.54) is 12.1 Å². The number of benzene rings is 1. The van der Waals surface area contributed by atoms with Crippen LogP contribution in [0, 0.1) is 0 Å². The summed E-state index contributed by atoms with van der Waals surface area (Å²) in [6.07, 6.45) is 3.12. The Morgan fingerprint density at radius 2 is 1.59 bits per heavy atom. The minimum Gasteiger partial charge on any atom is -0.435 e. The predicted octanol–water partition coefficient (Wildman–Crippen LogP) is 2.33. The van der Waals surface area contributed by atoms with Crippen LogP contribution >= 0.6 is 0 Å². The van der Waals surface area contributed by atoms with Crippen molar-refractivity contribution >= 4 is 5.95 Å². The second-order valence-corrected chi connectivity index (χ2v) is 3.23. The molecule has 0 saturated carbocycles. The summed E-state index contributed by atoms with van der Waals surface area (Å²) in [6.45, 7) is -2.82. The van der Waals surface area contributed by atoms with Gasteiger partial charge in [-0.1, -0.05) is 12.1 Å². The summed E-state index contributed by atoms with van der Waals surface area (Å²) in [5.41, 5.74) is 6.91. The predicted molar refractivity (Wildman–Crippen MR) is 58.5 cm³/mol. The number of aromatic nitrogens is 2. The molecule has 4 nitrogen and oxygen atoms in total. The van der Waals surface area contributed by atoms with E-state index < -0.39 is 6.61 Å². The molecule has 0 aliphatic rings. The van der Waals surface area contributed by atoms with Crippen molar-refractivity contribution in [1.82, 2.24) is 9.97 Å². The standard InChI is InChI=1S/C11H9F2N3O/c12-10(13)17-9-3-1-7(2-4-9)8-5-15-11(14)16-6-8/h1-6,10H,(H2,14,15,16). The van der Waals surface area contributed by atoms with Crippen molar-refractivity contribution in [2.75, 3.05) is 5.73 Å².